The van der Waals surface area contributed by atoms with Crippen LogP contribution in [0.1, 0.15) is 27.2 Å². The van der Waals surface area contributed by atoms with Crippen LogP contribution < -0.4 is 0 Å². The van der Waals surface area contributed by atoms with Crippen molar-refractivity contribution >= 4 is 5.97 Å². The molecule has 0 saturated heterocycles. The molecule has 0 amide bonds. The van der Waals surface area contributed by atoms with Gasteiger partial charge in [0.15, 0.2) is 6.61 Å². The zero-order valence-corrected chi connectivity index (χ0v) is 8.52. The Morgan fingerprint density at radius 3 is 2.14 bits per heavy atom. The van der Waals surface area contributed by atoms with E-state index in [0.29, 0.717) is 6.42 Å². The summed E-state index contributed by atoms with van der Waals surface area (Å²) >= 11 is 0. The van der Waals surface area contributed by atoms with Gasteiger partial charge in [-0.25, -0.2) is 0 Å². The summed E-state index contributed by atoms with van der Waals surface area (Å²) in [6, 6.07) is 0. The van der Waals surface area contributed by atoms with Gasteiger partial charge in [-0.15, -0.1) is 0 Å². The van der Waals surface area contributed by atoms with Gasteiger partial charge in [0.1, 0.15) is 0 Å². The number of alkyl halides is 3. The van der Waals surface area contributed by atoms with Crippen molar-refractivity contribution < 1.29 is 22.7 Å². The smallest absolute Gasteiger partial charge is 0.422 e. The molecule has 0 aliphatic carbocycles. The van der Waals surface area contributed by atoms with E-state index in [1.807, 2.05) is 13.8 Å². The standard InChI is InChI=1S/C9H15F3O2/c1-6(2)4-7(3)8(13)14-5-9(10,11)12/h6-7H,4-5H2,1-3H3. The Morgan fingerprint density at radius 1 is 1.29 bits per heavy atom. The lowest BCUT2D eigenvalue weighted by Gasteiger charge is -2.14. The van der Waals surface area contributed by atoms with Crippen LogP contribution in [0, 0.1) is 11.8 Å². The molecule has 1 unspecified atom stereocenters. The third-order valence-electron chi connectivity index (χ3n) is 1.61. The van der Waals surface area contributed by atoms with Gasteiger partial charge in [-0.3, -0.25) is 4.79 Å². The zero-order chi connectivity index (χ0) is 11.4. The first-order valence-electron chi connectivity index (χ1n) is 4.45. The van der Waals surface area contributed by atoms with E-state index in [9.17, 15) is 18.0 Å². The fourth-order valence-electron chi connectivity index (χ4n) is 1.10. The molecule has 0 aliphatic rings. The third-order valence-corrected chi connectivity index (χ3v) is 1.61. The molecule has 14 heavy (non-hydrogen) atoms. The molecule has 84 valence electrons. The highest BCUT2D eigenvalue weighted by molar-refractivity contribution is 5.71. The number of esters is 1. The van der Waals surface area contributed by atoms with Gasteiger partial charge in [0, 0.05) is 0 Å². The number of carbonyl (C=O) groups excluding carboxylic acids is 1. The molecule has 0 radical (unpaired) electrons. The molecule has 0 aromatic carbocycles. The van der Waals surface area contributed by atoms with Crippen LogP contribution in [-0.4, -0.2) is 18.8 Å². The van der Waals surface area contributed by atoms with Gasteiger partial charge in [0.25, 0.3) is 0 Å². The summed E-state index contributed by atoms with van der Waals surface area (Å²) in [5.74, 6) is -0.989. The zero-order valence-electron chi connectivity index (χ0n) is 8.52. The molecule has 0 N–H and O–H groups in total. The van der Waals surface area contributed by atoms with Crippen LogP contribution in [0.5, 0.6) is 0 Å². The van der Waals surface area contributed by atoms with Crippen LogP contribution in [-0.2, 0) is 9.53 Å². The first-order chi connectivity index (χ1) is 6.22. The van der Waals surface area contributed by atoms with E-state index in [2.05, 4.69) is 4.74 Å². The Hall–Kier alpha value is -0.740. The molecule has 1 atom stereocenters. The third kappa shape index (κ3) is 6.74. The molecule has 0 spiro atoms. The van der Waals surface area contributed by atoms with Gasteiger partial charge < -0.3 is 4.74 Å². The van der Waals surface area contributed by atoms with Gasteiger partial charge in [-0.05, 0) is 12.3 Å². The minimum absolute atomic E-state index is 0.267. The van der Waals surface area contributed by atoms with Crippen molar-refractivity contribution in [2.45, 2.75) is 33.4 Å². The number of ether oxygens (including phenoxy) is 1. The molecule has 5 heteroatoms. The molecule has 0 saturated carbocycles. The first kappa shape index (κ1) is 13.3. The van der Waals surface area contributed by atoms with E-state index >= 15 is 0 Å². The fraction of sp³-hybridized carbons (Fsp3) is 0.889. The van der Waals surface area contributed by atoms with Crippen LogP contribution in [0.15, 0.2) is 0 Å². The van der Waals surface area contributed by atoms with E-state index in [1.54, 1.807) is 6.92 Å². The molecular formula is C9H15F3O2. The highest BCUT2D eigenvalue weighted by Crippen LogP contribution is 2.17. The molecule has 0 bridgehead atoms. The van der Waals surface area contributed by atoms with Gasteiger partial charge in [0.05, 0.1) is 5.92 Å². The van der Waals surface area contributed by atoms with Crippen molar-refractivity contribution in [2.75, 3.05) is 6.61 Å². The highest BCUT2D eigenvalue weighted by Gasteiger charge is 2.30. The predicted octanol–water partition coefficient (Wildman–Crippen LogP) is 2.77. The summed E-state index contributed by atoms with van der Waals surface area (Å²) in [4.78, 5) is 11.0. The van der Waals surface area contributed by atoms with Gasteiger partial charge in [-0.1, -0.05) is 20.8 Å². The SMILES string of the molecule is CC(C)CC(C)C(=O)OCC(F)(F)F. The molecule has 0 aromatic heterocycles. The summed E-state index contributed by atoms with van der Waals surface area (Å²) in [7, 11) is 0. The summed E-state index contributed by atoms with van der Waals surface area (Å²) in [6.45, 7) is 3.87. The van der Waals surface area contributed by atoms with E-state index in [1.165, 1.54) is 0 Å². The minimum atomic E-state index is -4.44. The maximum absolute atomic E-state index is 11.7. The van der Waals surface area contributed by atoms with Crippen molar-refractivity contribution in [3.8, 4) is 0 Å². The average molecular weight is 212 g/mol. The topological polar surface area (TPSA) is 26.3 Å². The van der Waals surface area contributed by atoms with E-state index < -0.39 is 24.7 Å². The van der Waals surface area contributed by atoms with Gasteiger partial charge >= 0.3 is 12.1 Å². The Kier molecular flexibility index (Phi) is 4.94. The second kappa shape index (κ2) is 5.22. The Morgan fingerprint density at radius 2 is 1.79 bits per heavy atom. The van der Waals surface area contributed by atoms with Gasteiger partial charge in [0.2, 0.25) is 0 Å². The normalized spacial score (nSPS) is 14.2. The molecule has 2 nitrogen and oxygen atoms in total. The molecule has 0 aromatic rings. The highest BCUT2D eigenvalue weighted by atomic mass is 19.4. The summed E-state index contributed by atoms with van der Waals surface area (Å²) < 4.78 is 39.1. The lowest BCUT2D eigenvalue weighted by atomic mass is 9.99. The Balaban J connectivity index is 3.85. The number of halogens is 3. The van der Waals surface area contributed by atoms with Crippen LogP contribution >= 0.6 is 0 Å². The van der Waals surface area contributed by atoms with Crippen molar-refractivity contribution in [1.82, 2.24) is 0 Å². The van der Waals surface area contributed by atoms with Crippen LogP contribution in [0.3, 0.4) is 0 Å². The maximum atomic E-state index is 11.7. The van der Waals surface area contributed by atoms with Crippen LogP contribution in [0.25, 0.3) is 0 Å². The van der Waals surface area contributed by atoms with Gasteiger partial charge in [-0.2, -0.15) is 13.2 Å². The van der Waals surface area contributed by atoms with E-state index in [-0.39, 0.29) is 5.92 Å². The summed E-state index contributed by atoms with van der Waals surface area (Å²) in [5, 5.41) is 0. The predicted molar refractivity (Wildman–Crippen MR) is 45.6 cm³/mol. The van der Waals surface area contributed by atoms with Crippen molar-refractivity contribution in [1.29, 1.82) is 0 Å². The molecular weight excluding hydrogens is 197 g/mol. The lowest BCUT2D eigenvalue weighted by molar-refractivity contribution is -0.189. The van der Waals surface area contributed by atoms with E-state index in [4.69, 9.17) is 0 Å². The molecule has 0 rings (SSSR count). The number of hydrogen-bond acceptors (Lipinski definition) is 2. The second-order valence-corrected chi connectivity index (χ2v) is 3.75. The molecule has 0 aliphatic heterocycles. The van der Waals surface area contributed by atoms with Crippen LogP contribution in [0.2, 0.25) is 0 Å². The summed E-state index contributed by atoms with van der Waals surface area (Å²) in [6.07, 6.45) is -3.90. The Labute approximate surface area is 81.4 Å². The fourth-order valence-corrected chi connectivity index (χ4v) is 1.10. The molecule has 0 fully saturated rings. The first-order valence-corrected chi connectivity index (χ1v) is 4.45. The Bertz CT molecular complexity index is 187. The monoisotopic (exact) mass is 212 g/mol. The second-order valence-electron chi connectivity index (χ2n) is 3.75. The minimum Gasteiger partial charge on any atom is -0.456 e. The number of rotatable bonds is 4. The lowest BCUT2D eigenvalue weighted by Crippen LogP contribution is -2.24. The summed E-state index contributed by atoms with van der Waals surface area (Å²) in [5.41, 5.74) is 0. The largest absolute Gasteiger partial charge is 0.456 e. The quantitative estimate of drug-likeness (QED) is 0.670. The van der Waals surface area contributed by atoms with E-state index in [0.717, 1.165) is 0 Å². The number of carbonyl (C=O) groups is 1. The molecule has 0 heterocycles. The maximum Gasteiger partial charge on any atom is 0.422 e. The van der Waals surface area contributed by atoms with Crippen molar-refractivity contribution in [3.05, 3.63) is 0 Å². The average Bonchev–Trinajstić information content (AvgIpc) is 1.97. The van der Waals surface area contributed by atoms with Crippen molar-refractivity contribution in [3.63, 3.8) is 0 Å². The van der Waals surface area contributed by atoms with Crippen LogP contribution in [0.4, 0.5) is 13.2 Å². The number of hydrogen-bond donors (Lipinski definition) is 0. The van der Waals surface area contributed by atoms with Crippen molar-refractivity contribution in [2.24, 2.45) is 11.8 Å².